The first kappa shape index (κ1) is 12.3. The summed E-state index contributed by atoms with van der Waals surface area (Å²) in [5.74, 6) is 0. The number of rotatable bonds is 3. The fourth-order valence-electron chi connectivity index (χ4n) is 2.13. The SMILES string of the molecule is CC1=CCCN(c2ccc([N+](=O)[O-])c(C=O)c2)C1. The van der Waals surface area contributed by atoms with Crippen LogP contribution in [0.5, 0.6) is 0 Å². The summed E-state index contributed by atoms with van der Waals surface area (Å²) >= 11 is 0. The van der Waals surface area contributed by atoms with Crippen molar-refractivity contribution in [3.8, 4) is 0 Å². The van der Waals surface area contributed by atoms with Crippen LogP contribution in [0.2, 0.25) is 0 Å². The summed E-state index contributed by atoms with van der Waals surface area (Å²) in [5, 5.41) is 10.7. The Hall–Kier alpha value is -2.17. The van der Waals surface area contributed by atoms with Crippen LogP contribution in [0, 0.1) is 10.1 Å². The van der Waals surface area contributed by atoms with Crippen molar-refractivity contribution in [2.75, 3.05) is 18.0 Å². The van der Waals surface area contributed by atoms with Gasteiger partial charge in [-0.25, -0.2) is 0 Å². The largest absolute Gasteiger partial charge is 0.367 e. The summed E-state index contributed by atoms with van der Waals surface area (Å²) in [5.41, 5.74) is 2.12. The van der Waals surface area contributed by atoms with Crippen LogP contribution >= 0.6 is 0 Å². The maximum Gasteiger partial charge on any atom is 0.280 e. The second-order valence-electron chi connectivity index (χ2n) is 4.38. The molecule has 5 nitrogen and oxygen atoms in total. The van der Waals surface area contributed by atoms with E-state index in [1.807, 2.05) is 0 Å². The van der Waals surface area contributed by atoms with Crippen LogP contribution in [-0.2, 0) is 0 Å². The van der Waals surface area contributed by atoms with E-state index >= 15 is 0 Å². The predicted octanol–water partition coefficient (Wildman–Crippen LogP) is 2.56. The van der Waals surface area contributed by atoms with Crippen LogP contribution < -0.4 is 4.90 Å². The molecule has 0 unspecified atom stereocenters. The average molecular weight is 246 g/mol. The van der Waals surface area contributed by atoms with Crippen molar-refractivity contribution in [3.05, 3.63) is 45.5 Å². The molecule has 1 aromatic carbocycles. The Labute approximate surface area is 105 Å². The molecule has 0 atom stereocenters. The van der Waals surface area contributed by atoms with E-state index in [1.54, 1.807) is 12.1 Å². The standard InChI is InChI=1S/C13H14N2O3/c1-10-3-2-6-14(8-10)12-4-5-13(15(17)18)11(7-12)9-16/h3-5,7,9H,2,6,8H2,1H3. The highest BCUT2D eigenvalue weighted by Crippen LogP contribution is 2.25. The van der Waals surface area contributed by atoms with Crippen LogP contribution in [0.4, 0.5) is 11.4 Å². The van der Waals surface area contributed by atoms with Gasteiger partial charge in [-0.05, 0) is 25.5 Å². The molecular weight excluding hydrogens is 232 g/mol. The Morgan fingerprint density at radius 3 is 2.83 bits per heavy atom. The van der Waals surface area contributed by atoms with Gasteiger partial charge >= 0.3 is 0 Å². The van der Waals surface area contributed by atoms with Gasteiger partial charge in [0.1, 0.15) is 0 Å². The van der Waals surface area contributed by atoms with Crippen LogP contribution in [0.25, 0.3) is 0 Å². The highest BCUT2D eigenvalue weighted by atomic mass is 16.6. The minimum absolute atomic E-state index is 0.129. The summed E-state index contributed by atoms with van der Waals surface area (Å²) < 4.78 is 0. The molecule has 1 aliphatic heterocycles. The third-order valence-corrected chi connectivity index (χ3v) is 3.03. The summed E-state index contributed by atoms with van der Waals surface area (Å²) in [6, 6.07) is 4.68. The fraction of sp³-hybridized carbons (Fsp3) is 0.308. The molecule has 0 bridgehead atoms. The summed E-state index contributed by atoms with van der Waals surface area (Å²) in [6.07, 6.45) is 3.68. The number of carbonyl (C=O) groups excluding carboxylic acids is 1. The fourth-order valence-corrected chi connectivity index (χ4v) is 2.13. The Balaban J connectivity index is 2.33. The van der Waals surface area contributed by atoms with Crippen molar-refractivity contribution in [3.63, 3.8) is 0 Å². The number of nitro groups is 1. The second-order valence-corrected chi connectivity index (χ2v) is 4.38. The van der Waals surface area contributed by atoms with Crippen LogP contribution in [0.15, 0.2) is 29.8 Å². The van der Waals surface area contributed by atoms with Crippen LogP contribution in [0.3, 0.4) is 0 Å². The number of nitro benzene ring substituents is 1. The second kappa shape index (κ2) is 5.00. The molecule has 0 radical (unpaired) electrons. The number of hydrogen-bond donors (Lipinski definition) is 0. The zero-order valence-electron chi connectivity index (χ0n) is 10.1. The van der Waals surface area contributed by atoms with Gasteiger partial charge in [-0.1, -0.05) is 11.6 Å². The van der Waals surface area contributed by atoms with Crippen molar-refractivity contribution in [1.82, 2.24) is 0 Å². The molecule has 0 amide bonds. The Morgan fingerprint density at radius 2 is 2.22 bits per heavy atom. The topological polar surface area (TPSA) is 63.4 Å². The molecule has 1 heterocycles. The zero-order chi connectivity index (χ0) is 13.1. The molecule has 1 aromatic rings. The number of benzene rings is 1. The lowest BCUT2D eigenvalue weighted by atomic mass is 10.1. The molecular formula is C13H14N2O3. The Kier molecular flexibility index (Phi) is 3.41. The minimum atomic E-state index is -0.533. The lowest BCUT2D eigenvalue weighted by Gasteiger charge is -2.28. The van der Waals surface area contributed by atoms with E-state index in [9.17, 15) is 14.9 Å². The quantitative estimate of drug-likeness (QED) is 0.356. The molecule has 94 valence electrons. The molecule has 0 N–H and O–H groups in total. The molecule has 0 aromatic heterocycles. The molecule has 5 heteroatoms. The number of anilines is 1. The smallest absolute Gasteiger partial charge is 0.280 e. The minimum Gasteiger partial charge on any atom is -0.367 e. The first-order valence-corrected chi connectivity index (χ1v) is 5.76. The van der Waals surface area contributed by atoms with Crippen molar-refractivity contribution in [1.29, 1.82) is 0 Å². The Bertz CT molecular complexity index is 523. The van der Waals surface area contributed by atoms with E-state index in [1.165, 1.54) is 11.6 Å². The van der Waals surface area contributed by atoms with E-state index in [-0.39, 0.29) is 11.3 Å². The van der Waals surface area contributed by atoms with Crippen molar-refractivity contribution < 1.29 is 9.72 Å². The summed E-state index contributed by atoms with van der Waals surface area (Å²) in [6.45, 7) is 3.72. The van der Waals surface area contributed by atoms with Gasteiger partial charge < -0.3 is 4.90 Å². The van der Waals surface area contributed by atoms with Gasteiger partial charge in [0.05, 0.1) is 10.5 Å². The van der Waals surface area contributed by atoms with Crippen molar-refractivity contribution >= 4 is 17.7 Å². The van der Waals surface area contributed by atoms with Crippen molar-refractivity contribution in [2.45, 2.75) is 13.3 Å². The van der Waals surface area contributed by atoms with Gasteiger partial charge in [-0.2, -0.15) is 0 Å². The molecule has 2 rings (SSSR count). The van der Waals surface area contributed by atoms with Crippen LogP contribution in [0.1, 0.15) is 23.7 Å². The predicted molar refractivity (Wildman–Crippen MR) is 69.1 cm³/mol. The molecule has 0 saturated heterocycles. The van der Waals surface area contributed by atoms with E-state index in [2.05, 4.69) is 17.9 Å². The Morgan fingerprint density at radius 1 is 1.44 bits per heavy atom. The molecule has 0 fully saturated rings. The van der Waals surface area contributed by atoms with Gasteiger partial charge in [0.15, 0.2) is 6.29 Å². The maximum absolute atomic E-state index is 10.9. The monoisotopic (exact) mass is 246 g/mol. The number of aldehydes is 1. The molecule has 18 heavy (non-hydrogen) atoms. The lowest BCUT2D eigenvalue weighted by Crippen LogP contribution is -2.29. The number of hydrogen-bond acceptors (Lipinski definition) is 4. The highest BCUT2D eigenvalue weighted by Gasteiger charge is 2.17. The van der Waals surface area contributed by atoms with E-state index in [4.69, 9.17) is 0 Å². The molecule has 0 saturated carbocycles. The van der Waals surface area contributed by atoms with Crippen LogP contribution in [-0.4, -0.2) is 24.3 Å². The number of carbonyl (C=O) groups is 1. The normalized spacial score (nSPS) is 15.2. The summed E-state index contributed by atoms with van der Waals surface area (Å²) in [7, 11) is 0. The van der Waals surface area contributed by atoms with Crippen molar-refractivity contribution in [2.24, 2.45) is 0 Å². The van der Waals surface area contributed by atoms with E-state index < -0.39 is 4.92 Å². The molecule has 1 aliphatic rings. The van der Waals surface area contributed by atoms with E-state index in [0.29, 0.717) is 6.29 Å². The third-order valence-electron chi connectivity index (χ3n) is 3.03. The van der Waals surface area contributed by atoms with Gasteiger partial charge in [0.2, 0.25) is 0 Å². The molecule has 0 aliphatic carbocycles. The van der Waals surface area contributed by atoms with Gasteiger partial charge in [0.25, 0.3) is 5.69 Å². The maximum atomic E-state index is 10.9. The zero-order valence-corrected chi connectivity index (χ0v) is 10.1. The van der Waals surface area contributed by atoms with E-state index in [0.717, 1.165) is 25.2 Å². The third kappa shape index (κ3) is 2.40. The lowest BCUT2D eigenvalue weighted by molar-refractivity contribution is -0.385. The molecule has 0 spiro atoms. The summed E-state index contributed by atoms with van der Waals surface area (Å²) in [4.78, 5) is 23.2. The first-order valence-electron chi connectivity index (χ1n) is 5.76. The van der Waals surface area contributed by atoms with Gasteiger partial charge in [-0.15, -0.1) is 0 Å². The van der Waals surface area contributed by atoms with Gasteiger partial charge in [-0.3, -0.25) is 14.9 Å². The van der Waals surface area contributed by atoms with Gasteiger partial charge in [0, 0.05) is 24.8 Å². The highest BCUT2D eigenvalue weighted by molar-refractivity contribution is 5.83. The first-order chi connectivity index (χ1) is 8.61. The average Bonchev–Trinajstić information content (AvgIpc) is 2.37. The number of nitrogens with zero attached hydrogens (tertiary/aromatic N) is 2.